The number of rotatable bonds is 0. The van der Waals surface area contributed by atoms with Gasteiger partial charge in [-0.2, -0.15) is 0 Å². The lowest BCUT2D eigenvalue weighted by Gasteiger charge is -2.26. The second-order valence-electron chi connectivity index (χ2n) is 3.27. The Morgan fingerprint density at radius 1 is 1.62 bits per heavy atom. The number of hydrogen-bond donors (Lipinski definition) is 0. The Labute approximate surface area is 78.1 Å². The molecule has 0 amide bonds. The summed E-state index contributed by atoms with van der Waals surface area (Å²) < 4.78 is 12.5. The molecule has 1 aliphatic heterocycles. The van der Waals surface area contributed by atoms with E-state index in [0.717, 1.165) is 0 Å². The van der Waals surface area contributed by atoms with Crippen molar-refractivity contribution in [2.75, 3.05) is 0 Å². The second kappa shape index (κ2) is 2.83. The smallest absolute Gasteiger partial charge is 0.340 e. The predicted molar refractivity (Wildman–Crippen MR) is 47.5 cm³/mol. The molecule has 3 heteroatoms. The van der Waals surface area contributed by atoms with Gasteiger partial charge in [0.25, 0.3) is 0 Å². The van der Waals surface area contributed by atoms with Crippen LogP contribution in [0.25, 0.3) is 0 Å². The molecule has 2 heterocycles. The van der Waals surface area contributed by atoms with Gasteiger partial charge in [-0.1, -0.05) is 6.92 Å². The molecule has 1 aromatic rings. The van der Waals surface area contributed by atoms with E-state index in [9.17, 15) is 4.79 Å². The minimum atomic E-state index is -0.335. The zero-order valence-corrected chi connectivity index (χ0v) is 7.57. The van der Waals surface area contributed by atoms with Crippen LogP contribution in [0.3, 0.4) is 0 Å². The minimum Gasteiger partial charge on any atom is -0.458 e. The van der Waals surface area contributed by atoms with Crippen molar-refractivity contribution in [1.82, 2.24) is 4.98 Å². The molecular formula is C10H11NO2. The van der Waals surface area contributed by atoms with E-state index in [1.165, 1.54) is 6.07 Å². The first-order chi connectivity index (χ1) is 6.59. The van der Waals surface area contributed by atoms with Crippen molar-refractivity contribution in [2.24, 2.45) is 0 Å². The van der Waals surface area contributed by atoms with Gasteiger partial charge in [0.2, 0.25) is 0 Å². The maximum Gasteiger partial charge on any atom is 0.340 e. The van der Waals surface area contributed by atoms with E-state index in [1.807, 2.05) is 13.8 Å². The topological polar surface area (TPSA) is 39.2 Å². The number of fused-ring (bicyclic) bond motifs is 1. The number of aromatic nitrogens is 1. The summed E-state index contributed by atoms with van der Waals surface area (Å²) in [5.74, 6) is -0.272. The van der Waals surface area contributed by atoms with Crippen molar-refractivity contribution in [3.8, 4) is 0 Å². The molecule has 13 heavy (non-hydrogen) atoms. The highest BCUT2D eigenvalue weighted by molar-refractivity contribution is 5.91. The molecule has 68 valence electrons. The van der Waals surface area contributed by atoms with E-state index in [0.29, 0.717) is 11.3 Å². The Hall–Kier alpha value is -1.38. The summed E-state index contributed by atoms with van der Waals surface area (Å²) in [6.45, 7) is 3.78. The lowest BCUT2D eigenvalue weighted by molar-refractivity contribution is 0.0235. The summed E-state index contributed by atoms with van der Waals surface area (Å²) in [6, 6.07) is 3.11. The molecule has 0 N–H and O–H groups in total. The average Bonchev–Trinajstić information content (AvgIpc) is 2.14. The first-order valence-corrected chi connectivity index (χ1v) is 4.28. The van der Waals surface area contributed by atoms with Crippen LogP contribution in [0.1, 0.15) is 37.2 Å². The number of ether oxygens (including phenoxy) is 1. The Kier molecular flexibility index (Phi) is 1.54. The molecular weight excluding hydrogens is 166 g/mol. The van der Waals surface area contributed by atoms with E-state index in [2.05, 4.69) is 4.98 Å². The summed E-state index contributed by atoms with van der Waals surface area (Å²) in [5.41, 5.74) is 1.17. The van der Waals surface area contributed by atoms with Gasteiger partial charge in [0.1, 0.15) is 6.10 Å². The molecule has 0 aromatic carbocycles. The van der Waals surface area contributed by atoms with Crippen LogP contribution in [0.15, 0.2) is 18.3 Å². The minimum absolute atomic E-state index is 0.0630. The van der Waals surface area contributed by atoms with Crippen LogP contribution in [-0.2, 0) is 4.74 Å². The lowest BCUT2D eigenvalue weighted by atomic mass is 9.94. The SMILES string of the molecule is [2H]c1ccc2c(n1)[C@@H](C)[C@@H](C)OC2=O. The number of pyridine rings is 1. The van der Waals surface area contributed by atoms with Gasteiger partial charge in [0.15, 0.2) is 0 Å². The van der Waals surface area contributed by atoms with Crippen molar-refractivity contribution in [2.45, 2.75) is 25.9 Å². The normalized spacial score (nSPS) is 27.5. The molecule has 0 aliphatic carbocycles. The molecule has 0 saturated carbocycles. The number of cyclic esters (lactones) is 1. The molecule has 2 rings (SSSR count). The Morgan fingerprint density at radius 2 is 2.38 bits per heavy atom. The van der Waals surface area contributed by atoms with E-state index in [1.54, 1.807) is 6.07 Å². The Morgan fingerprint density at radius 3 is 3.15 bits per heavy atom. The third kappa shape index (κ3) is 1.20. The fraction of sp³-hybridized carbons (Fsp3) is 0.400. The standard InChI is InChI=1S/C10H11NO2/c1-6-7(2)13-10(12)8-4-3-5-11-9(6)8/h3-7H,1-2H3/t6-,7+/m0/s1/i5D. The first kappa shape index (κ1) is 7.06. The number of esters is 1. The van der Waals surface area contributed by atoms with Crippen molar-refractivity contribution in [3.63, 3.8) is 0 Å². The van der Waals surface area contributed by atoms with Crippen molar-refractivity contribution >= 4 is 5.97 Å². The number of carbonyl (C=O) groups excluding carboxylic acids is 1. The largest absolute Gasteiger partial charge is 0.458 e. The highest BCUT2D eigenvalue weighted by Gasteiger charge is 2.30. The van der Waals surface area contributed by atoms with Gasteiger partial charge in [-0.25, -0.2) is 4.79 Å². The van der Waals surface area contributed by atoms with Crippen LogP contribution in [0.4, 0.5) is 0 Å². The van der Waals surface area contributed by atoms with Crippen LogP contribution in [0.2, 0.25) is 0 Å². The fourth-order valence-electron chi connectivity index (χ4n) is 1.45. The van der Waals surface area contributed by atoms with Crippen LogP contribution in [-0.4, -0.2) is 17.1 Å². The maximum atomic E-state index is 11.4. The third-order valence-corrected chi connectivity index (χ3v) is 2.43. The molecule has 1 aliphatic rings. The van der Waals surface area contributed by atoms with Gasteiger partial charge >= 0.3 is 5.97 Å². The fourth-order valence-corrected chi connectivity index (χ4v) is 1.45. The van der Waals surface area contributed by atoms with Gasteiger partial charge < -0.3 is 4.74 Å². The van der Waals surface area contributed by atoms with Crippen LogP contribution < -0.4 is 0 Å². The number of nitrogens with zero attached hydrogens (tertiary/aromatic N) is 1. The van der Waals surface area contributed by atoms with Gasteiger partial charge in [-0.05, 0) is 19.1 Å². The van der Waals surface area contributed by atoms with Crippen LogP contribution in [0, 0.1) is 0 Å². The zero-order chi connectivity index (χ0) is 10.3. The van der Waals surface area contributed by atoms with Crippen LogP contribution >= 0.6 is 0 Å². The molecule has 0 unspecified atom stereocenters. The molecule has 0 saturated heterocycles. The summed E-state index contributed by atoms with van der Waals surface area (Å²) in [6.07, 6.45) is 0.0294. The predicted octanol–water partition coefficient (Wildman–Crippen LogP) is 1.74. The summed E-state index contributed by atoms with van der Waals surface area (Å²) >= 11 is 0. The lowest BCUT2D eigenvalue weighted by Crippen LogP contribution is -2.29. The summed E-state index contributed by atoms with van der Waals surface area (Å²) in [7, 11) is 0. The molecule has 0 spiro atoms. The quantitative estimate of drug-likeness (QED) is 0.568. The van der Waals surface area contributed by atoms with Crippen molar-refractivity contribution in [1.29, 1.82) is 0 Å². The third-order valence-electron chi connectivity index (χ3n) is 2.43. The van der Waals surface area contributed by atoms with Gasteiger partial charge in [-0.15, -0.1) is 0 Å². The number of carbonyl (C=O) groups is 1. The maximum absolute atomic E-state index is 11.4. The van der Waals surface area contributed by atoms with Crippen LogP contribution in [0.5, 0.6) is 0 Å². The Balaban J connectivity index is 2.56. The summed E-state index contributed by atoms with van der Waals surface area (Å²) in [4.78, 5) is 15.5. The van der Waals surface area contributed by atoms with Crippen molar-refractivity contribution in [3.05, 3.63) is 29.6 Å². The molecule has 0 bridgehead atoms. The molecule has 2 atom stereocenters. The van der Waals surface area contributed by atoms with Crippen molar-refractivity contribution < 1.29 is 10.9 Å². The second-order valence-corrected chi connectivity index (χ2v) is 3.27. The van der Waals surface area contributed by atoms with Gasteiger partial charge in [-0.3, -0.25) is 4.98 Å². The molecule has 0 fully saturated rings. The van der Waals surface area contributed by atoms with E-state index in [-0.39, 0.29) is 24.2 Å². The van der Waals surface area contributed by atoms with E-state index in [4.69, 9.17) is 6.11 Å². The first-order valence-electron chi connectivity index (χ1n) is 4.78. The molecule has 1 aromatic heterocycles. The van der Waals surface area contributed by atoms with Gasteiger partial charge in [0.05, 0.1) is 12.6 Å². The Bertz CT molecular complexity index is 392. The zero-order valence-electron chi connectivity index (χ0n) is 8.57. The van der Waals surface area contributed by atoms with E-state index < -0.39 is 0 Å². The molecule has 3 nitrogen and oxygen atoms in total. The monoisotopic (exact) mass is 178 g/mol. The van der Waals surface area contributed by atoms with E-state index >= 15 is 0 Å². The highest BCUT2D eigenvalue weighted by Crippen LogP contribution is 2.28. The highest BCUT2D eigenvalue weighted by atomic mass is 16.5. The summed E-state index contributed by atoms with van der Waals surface area (Å²) in [5, 5.41) is 0. The van der Waals surface area contributed by atoms with Gasteiger partial charge in [0, 0.05) is 12.1 Å². The number of hydrogen-bond acceptors (Lipinski definition) is 3. The molecule has 0 radical (unpaired) electrons. The average molecular weight is 178 g/mol.